The van der Waals surface area contributed by atoms with Gasteiger partial charge in [0, 0.05) is 32.6 Å². The number of hydrogen-bond acceptors (Lipinski definition) is 5. The van der Waals surface area contributed by atoms with Crippen LogP contribution in [0.2, 0.25) is 0 Å². The second-order valence-electron chi connectivity index (χ2n) is 7.40. The van der Waals surface area contributed by atoms with Crippen molar-refractivity contribution in [3.8, 4) is 5.75 Å². The van der Waals surface area contributed by atoms with E-state index in [1.807, 2.05) is 30.7 Å². The molecule has 0 saturated heterocycles. The molecule has 0 unspecified atom stereocenters. The van der Waals surface area contributed by atoms with Gasteiger partial charge in [0.05, 0.1) is 7.11 Å². The van der Waals surface area contributed by atoms with Crippen molar-refractivity contribution in [1.82, 2.24) is 30.7 Å². The maximum absolute atomic E-state index is 11.8. The Morgan fingerprint density at radius 2 is 1.83 bits per heavy atom. The van der Waals surface area contributed by atoms with Gasteiger partial charge in [0.25, 0.3) is 0 Å². The van der Waals surface area contributed by atoms with Gasteiger partial charge in [-0.3, -0.25) is 4.79 Å². The lowest BCUT2D eigenvalue weighted by Crippen LogP contribution is -2.42. The maximum atomic E-state index is 11.8. The number of carbonyl (C=O) groups is 1. The van der Waals surface area contributed by atoms with Crippen LogP contribution >= 0.6 is 0 Å². The summed E-state index contributed by atoms with van der Waals surface area (Å²) in [6.45, 7) is 4.23. The topological polar surface area (TPSA) is 105 Å². The van der Waals surface area contributed by atoms with Gasteiger partial charge in [-0.1, -0.05) is 12.1 Å². The number of amides is 1. The number of aliphatic imine (C=N–C) groups is 1. The summed E-state index contributed by atoms with van der Waals surface area (Å²) in [5, 5.41) is 17.8. The average Bonchev–Trinajstić information content (AvgIpc) is 3.56. The molecule has 1 aromatic heterocycles. The first-order valence-corrected chi connectivity index (χ1v) is 10.3. The minimum Gasteiger partial charge on any atom is -0.497 e. The van der Waals surface area contributed by atoms with Crippen molar-refractivity contribution in [2.75, 3.05) is 26.7 Å². The Balaban J connectivity index is 1.50. The number of nitrogens with zero attached hydrogens (tertiary/aromatic N) is 4. The average molecular weight is 414 g/mol. The van der Waals surface area contributed by atoms with Crippen LogP contribution in [0.3, 0.4) is 0 Å². The Morgan fingerprint density at radius 1 is 1.13 bits per heavy atom. The van der Waals surface area contributed by atoms with Crippen molar-refractivity contribution in [3.05, 3.63) is 41.5 Å². The largest absolute Gasteiger partial charge is 0.497 e. The molecule has 2 aromatic rings. The predicted molar refractivity (Wildman–Crippen MR) is 115 cm³/mol. The van der Waals surface area contributed by atoms with Crippen LogP contribution in [0, 0.1) is 12.8 Å². The normalized spacial score (nSPS) is 13.8. The number of nitrogens with one attached hydrogen (secondary N) is 3. The summed E-state index contributed by atoms with van der Waals surface area (Å²) in [7, 11) is 3.59. The van der Waals surface area contributed by atoms with Crippen LogP contribution in [0.4, 0.5) is 0 Å². The first kappa shape index (κ1) is 21.6. The van der Waals surface area contributed by atoms with Gasteiger partial charge in [-0.05, 0) is 43.9 Å². The minimum absolute atomic E-state index is 0.150. The SMILES string of the molecule is COc1ccc(CCNC(=NCc2nnc(C)n2C)NCCNC(=O)C2CC2)cc1. The summed E-state index contributed by atoms with van der Waals surface area (Å²) in [6, 6.07) is 8.03. The number of hydrogen-bond donors (Lipinski definition) is 3. The molecule has 3 N–H and O–H groups in total. The van der Waals surface area contributed by atoms with E-state index in [1.54, 1.807) is 7.11 Å². The molecular weight excluding hydrogens is 382 g/mol. The molecule has 1 fully saturated rings. The molecule has 0 aliphatic heterocycles. The zero-order valence-corrected chi connectivity index (χ0v) is 17.9. The molecule has 1 aliphatic rings. The van der Waals surface area contributed by atoms with E-state index in [0.717, 1.165) is 43.2 Å². The second kappa shape index (κ2) is 10.6. The highest BCUT2D eigenvalue weighted by molar-refractivity contribution is 5.81. The van der Waals surface area contributed by atoms with Gasteiger partial charge in [0.1, 0.15) is 18.1 Å². The van der Waals surface area contributed by atoms with Gasteiger partial charge in [-0.15, -0.1) is 10.2 Å². The zero-order valence-electron chi connectivity index (χ0n) is 17.9. The summed E-state index contributed by atoms with van der Waals surface area (Å²) in [4.78, 5) is 16.4. The smallest absolute Gasteiger partial charge is 0.223 e. The lowest BCUT2D eigenvalue weighted by atomic mass is 10.1. The lowest BCUT2D eigenvalue weighted by molar-refractivity contribution is -0.122. The molecule has 0 bridgehead atoms. The molecule has 3 rings (SSSR count). The van der Waals surface area contributed by atoms with Gasteiger partial charge < -0.3 is 25.3 Å². The highest BCUT2D eigenvalue weighted by atomic mass is 16.5. The Morgan fingerprint density at radius 3 is 2.47 bits per heavy atom. The van der Waals surface area contributed by atoms with Crippen LogP contribution in [-0.4, -0.2) is 53.4 Å². The van der Waals surface area contributed by atoms with Gasteiger partial charge >= 0.3 is 0 Å². The standard InChI is InChI=1S/C21H31N7O2/c1-15-26-27-19(28(15)2)14-25-21(24-13-12-22-20(29)17-6-7-17)23-11-10-16-4-8-18(30-3)9-5-16/h4-5,8-9,17H,6-7,10-14H2,1-3H3,(H,22,29)(H2,23,24,25). The van der Waals surface area contributed by atoms with E-state index in [1.165, 1.54) is 5.56 Å². The van der Waals surface area contributed by atoms with Gasteiger partial charge in [-0.25, -0.2) is 4.99 Å². The van der Waals surface area contributed by atoms with Crippen LogP contribution in [0.25, 0.3) is 0 Å². The van der Waals surface area contributed by atoms with E-state index in [-0.39, 0.29) is 11.8 Å². The van der Waals surface area contributed by atoms with E-state index in [2.05, 4.69) is 43.3 Å². The lowest BCUT2D eigenvalue weighted by Gasteiger charge is -2.13. The number of ether oxygens (including phenoxy) is 1. The molecule has 162 valence electrons. The van der Waals surface area contributed by atoms with E-state index in [9.17, 15) is 4.79 Å². The fraction of sp³-hybridized carbons (Fsp3) is 0.524. The van der Waals surface area contributed by atoms with E-state index in [4.69, 9.17) is 4.74 Å². The Bertz CT molecular complexity index is 857. The zero-order chi connectivity index (χ0) is 21.3. The Kier molecular flexibility index (Phi) is 7.64. The fourth-order valence-corrected chi connectivity index (χ4v) is 2.89. The number of carbonyl (C=O) groups excluding carboxylic acids is 1. The van der Waals surface area contributed by atoms with Crippen LogP contribution in [0.15, 0.2) is 29.3 Å². The van der Waals surface area contributed by atoms with Crippen LogP contribution in [0.5, 0.6) is 5.75 Å². The van der Waals surface area contributed by atoms with Crippen LogP contribution in [0.1, 0.15) is 30.1 Å². The summed E-state index contributed by atoms with van der Waals surface area (Å²) < 4.78 is 7.12. The van der Waals surface area contributed by atoms with Crippen LogP contribution in [-0.2, 0) is 24.8 Å². The minimum atomic E-state index is 0.150. The predicted octanol–water partition coefficient (Wildman–Crippen LogP) is 0.936. The quantitative estimate of drug-likeness (QED) is 0.304. The molecule has 0 spiro atoms. The van der Waals surface area contributed by atoms with E-state index in [0.29, 0.717) is 25.6 Å². The van der Waals surface area contributed by atoms with E-state index < -0.39 is 0 Å². The molecule has 1 amide bonds. The van der Waals surface area contributed by atoms with Crippen molar-refractivity contribution in [3.63, 3.8) is 0 Å². The summed E-state index contributed by atoms with van der Waals surface area (Å²) >= 11 is 0. The summed E-state index contributed by atoms with van der Waals surface area (Å²) in [6.07, 6.45) is 2.87. The van der Waals surface area contributed by atoms with Gasteiger partial charge in [-0.2, -0.15) is 0 Å². The first-order valence-electron chi connectivity index (χ1n) is 10.3. The first-order chi connectivity index (χ1) is 14.6. The van der Waals surface area contributed by atoms with Gasteiger partial charge in [0.15, 0.2) is 11.8 Å². The number of aryl methyl sites for hydroxylation is 1. The number of rotatable bonds is 10. The molecule has 30 heavy (non-hydrogen) atoms. The molecule has 1 aliphatic carbocycles. The molecule has 1 aromatic carbocycles. The van der Waals surface area contributed by atoms with Crippen molar-refractivity contribution < 1.29 is 9.53 Å². The Labute approximate surface area is 177 Å². The molecule has 9 heteroatoms. The molecule has 0 atom stereocenters. The molecule has 1 saturated carbocycles. The third-order valence-corrected chi connectivity index (χ3v) is 5.09. The highest BCUT2D eigenvalue weighted by Crippen LogP contribution is 2.28. The molecule has 9 nitrogen and oxygen atoms in total. The fourth-order valence-electron chi connectivity index (χ4n) is 2.89. The summed E-state index contributed by atoms with van der Waals surface area (Å²) in [5.41, 5.74) is 1.21. The maximum Gasteiger partial charge on any atom is 0.223 e. The van der Waals surface area contributed by atoms with Crippen molar-refractivity contribution >= 4 is 11.9 Å². The number of benzene rings is 1. The highest BCUT2D eigenvalue weighted by Gasteiger charge is 2.28. The number of guanidine groups is 1. The second-order valence-corrected chi connectivity index (χ2v) is 7.40. The molecule has 0 radical (unpaired) electrons. The van der Waals surface area contributed by atoms with Gasteiger partial charge in [0.2, 0.25) is 5.91 Å². The Hall–Kier alpha value is -3.10. The number of aromatic nitrogens is 3. The van der Waals surface area contributed by atoms with Crippen LogP contribution < -0.4 is 20.7 Å². The van der Waals surface area contributed by atoms with Crippen molar-refractivity contribution in [2.45, 2.75) is 32.7 Å². The third-order valence-electron chi connectivity index (χ3n) is 5.09. The number of methoxy groups -OCH3 is 1. The molecular formula is C21H31N7O2. The van der Waals surface area contributed by atoms with Crippen molar-refractivity contribution in [1.29, 1.82) is 0 Å². The third kappa shape index (κ3) is 6.47. The summed E-state index contributed by atoms with van der Waals surface area (Å²) in [5.74, 6) is 3.56. The molecule has 1 heterocycles. The monoisotopic (exact) mass is 413 g/mol. The van der Waals surface area contributed by atoms with E-state index >= 15 is 0 Å². The van der Waals surface area contributed by atoms with Crippen molar-refractivity contribution in [2.24, 2.45) is 18.0 Å².